The molecule has 1 fully saturated rings. The van der Waals surface area contributed by atoms with Gasteiger partial charge < -0.3 is 15.8 Å². The Morgan fingerprint density at radius 2 is 2.15 bits per heavy atom. The molecule has 0 aromatic heterocycles. The van der Waals surface area contributed by atoms with Crippen molar-refractivity contribution in [1.29, 1.82) is 0 Å². The van der Waals surface area contributed by atoms with Crippen molar-refractivity contribution in [2.75, 3.05) is 24.2 Å². The minimum atomic E-state index is -0.523. The van der Waals surface area contributed by atoms with E-state index in [1.54, 1.807) is 6.92 Å². The Hall–Kier alpha value is -1.78. The van der Waals surface area contributed by atoms with Crippen molar-refractivity contribution in [3.8, 4) is 0 Å². The van der Waals surface area contributed by atoms with Crippen LogP contribution >= 0.6 is 0 Å². The van der Waals surface area contributed by atoms with E-state index in [0.717, 1.165) is 19.3 Å². The Labute approximate surface area is 118 Å². The zero-order chi connectivity index (χ0) is 14.8. The van der Waals surface area contributed by atoms with Crippen LogP contribution in [0.25, 0.3) is 0 Å². The largest absolute Gasteiger partial charge is 0.462 e. The number of anilines is 2. The molecule has 1 saturated carbocycles. The Bertz CT molecular complexity index is 513. The second-order valence-electron chi connectivity index (χ2n) is 5.35. The van der Waals surface area contributed by atoms with Gasteiger partial charge in [0, 0.05) is 12.2 Å². The molecule has 0 unspecified atom stereocenters. The van der Waals surface area contributed by atoms with Crippen LogP contribution in [0.2, 0.25) is 0 Å². The van der Waals surface area contributed by atoms with E-state index in [1.165, 1.54) is 12.1 Å². The van der Waals surface area contributed by atoms with Crippen LogP contribution in [0.4, 0.5) is 15.8 Å². The normalized spacial score (nSPS) is 15.8. The van der Waals surface area contributed by atoms with E-state index in [9.17, 15) is 9.18 Å². The molecule has 0 amide bonds. The van der Waals surface area contributed by atoms with E-state index in [4.69, 9.17) is 10.5 Å². The third-order valence-electron chi connectivity index (χ3n) is 4.00. The molecule has 20 heavy (non-hydrogen) atoms. The van der Waals surface area contributed by atoms with Crippen LogP contribution in [0.1, 0.15) is 43.5 Å². The van der Waals surface area contributed by atoms with Crippen molar-refractivity contribution >= 4 is 17.3 Å². The highest BCUT2D eigenvalue weighted by molar-refractivity contribution is 5.96. The van der Waals surface area contributed by atoms with Crippen LogP contribution in [-0.2, 0) is 4.74 Å². The van der Waals surface area contributed by atoms with Crippen molar-refractivity contribution in [3.63, 3.8) is 0 Å². The van der Waals surface area contributed by atoms with Crippen LogP contribution in [0, 0.1) is 11.2 Å². The smallest absolute Gasteiger partial charge is 0.340 e. The van der Waals surface area contributed by atoms with Crippen LogP contribution in [0.3, 0.4) is 0 Å². The summed E-state index contributed by atoms with van der Waals surface area (Å²) >= 11 is 0. The lowest BCUT2D eigenvalue weighted by molar-refractivity contribution is 0.0527. The number of nitrogens with one attached hydrogen (secondary N) is 1. The van der Waals surface area contributed by atoms with E-state index >= 15 is 0 Å². The lowest BCUT2D eigenvalue weighted by Gasteiger charge is -2.16. The highest BCUT2D eigenvalue weighted by Gasteiger charge is 2.40. The van der Waals surface area contributed by atoms with E-state index in [-0.39, 0.29) is 23.3 Å². The van der Waals surface area contributed by atoms with Gasteiger partial charge in [0.15, 0.2) is 0 Å². The van der Waals surface area contributed by atoms with Crippen molar-refractivity contribution in [3.05, 3.63) is 23.5 Å². The Balaban J connectivity index is 2.15. The highest BCUT2D eigenvalue weighted by atomic mass is 19.1. The predicted molar refractivity (Wildman–Crippen MR) is 77.2 cm³/mol. The number of hydrogen-bond acceptors (Lipinski definition) is 4. The van der Waals surface area contributed by atoms with Gasteiger partial charge in [-0.25, -0.2) is 9.18 Å². The number of carbonyl (C=O) groups excluding carboxylic acids is 1. The fourth-order valence-corrected chi connectivity index (χ4v) is 2.22. The van der Waals surface area contributed by atoms with E-state index < -0.39 is 11.8 Å². The van der Waals surface area contributed by atoms with Crippen molar-refractivity contribution in [2.45, 2.75) is 33.1 Å². The van der Waals surface area contributed by atoms with Gasteiger partial charge in [-0.15, -0.1) is 0 Å². The molecule has 4 nitrogen and oxygen atoms in total. The van der Waals surface area contributed by atoms with Crippen molar-refractivity contribution < 1.29 is 13.9 Å². The van der Waals surface area contributed by atoms with Gasteiger partial charge in [-0.1, -0.05) is 6.92 Å². The molecule has 5 heteroatoms. The minimum Gasteiger partial charge on any atom is -0.462 e. The standard InChI is InChI=1S/C15H21FN2O2/c1-3-15(5-6-15)9-18-13-7-10(14(19)20-4-2)12(17)8-11(13)16/h7-8,18H,3-6,9,17H2,1-2H3. The maximum atomic E-state index is 13.9. The van der Waals surface area contributed by atoms with Gasteiger partial charge in [-0.3, -0.25) is 0 Å². The molecule has 1 aromatic rings. The summed E-state index contributed by atoms with van der Waals surface area (Å²) in [5.74, 6) is -0.966. The van der Waals surface area contributed by atoms with Crippen LogP contribution < -0.4 is 11.1 Å². The summed E-state index contributed by atoms with van der Waals surface area (Å²) in [6.45, 7) is 4.83. The second kappa shape index (κ2) is 5.69. The molecule has 2 rings (SSSR count). The number of rotatable bonds is 6. The molecular weight excluding hydrogens is 259 g/mol. The molecular formula is C15H21FN2O2. The Kier molecular flexibility index (Phi) is 4.16. The van der Waals surface area contributed by atoms with Gasteiger partial charge in [0.05, 0.1) is 17.9 Å². The first-order valence-electron chi connectivity index (χ1n) is 7.01. The number of ether oxygens (including phenoxy) is 1. The topological polar surface area (TPSA) is 64.3 Å². The predicted octanol–water partition coefficient (Wildman–Crippen LogP) is 3.19. The van der Waals surface area contributed by atoms with Gasteiger partial charge in [-0.05, 0) is 43.7 Å². The van der Waals surface area contributed by atoms with Gasteiger partial charge in [-0.2, -0.15) is 0 Å². The number of carbonyl (C=O) groups is 1. The lowest BCUT2D eigenvalue weighted by Crippen LogP contribution is -2.16. The minimum absolute atomic E-state index is 0.100. The molecule has 0 spiro atoms. The summed E-state index contributed by atoms with van der Waals surface area (Å²) in [4.78, 5) is 11.7. The zero-order valence-electron chi connectivity index (χ0n) is 12.0. The third-order valence-corrected chi connectivity index (χ3v) is 4.00. The molecule has 1 aromatic carbocycles. The summed E-state index contributed by atoms with van der Waals surface area (Å²) in [7, 11) is 0. The average molecular weight is 280 g/mol. The van der Waals surface area contributed by atoms with E-state index in [1.807, 2.05) is 0 Å². The maximum Gasteiger partial charge on any atom is 0.340 e. The average Bonchev–Trinajstić information content (AvgIpc) is 3.18. The molecule has 3 N–H and O–H groups in total. The zero-order valence-corrected chi connectivity index (χ0v) is 12.0. The van der Waals surface area contributed by atoms with Crippen molar-refractivity contribution in [2.24, 2.45) is 5.41 Å². The highest BCUT2D eigenvalue weighted by Crippen LogP contribution is 2.48. The lowest BCUT2D eigenvalue weighted by atomic mass is 10.0. The number of esters is 1. The fourth-order valence-electron chi connectivity index (χ4n) is 2.22. The molecule has 0 radical (unpaired) electrons. The Morgan fingerprint density at radius 3 is 2.70 bits per heavy atom. The number of hydrogen-bond donors (Lipinski definition) is 2. The monoisotopic (exact) mass is 280 g/mol. The number of nitrogens with two attached hydrogens (primary N) is 1. The molecule has 0 bridgehead atoms. The van der Waals surface area contributed by atoms with E-state index in [0.29, 0.717) is 12.2 Å². The van der Waals surface area contributed by atoms with E-state index in [2.05, 4.69) is 12.2 Å². The SMILES string of the molecule is CCOC(=O)c1cc(NCC2(CC)CC2)c(F)cc1N. The van der Waals surface area contributed by atoms with Crippen LogP contribution in [-0.4, -0.2) is 19.1 Å². The number of halogens is 1. The van der Waals surface area contributed by atoms with Gasteiger partial charge >= 0.3 is 5.97 Å². The van der Waals surface area contributed by atoms with Gasteiger partial charge in [0.2, 0.25) is 0 Å². The summed E-state index contributed by atoms with van der Waals surface area (Å²) in [5.41, 5.74) is 6.58. The fraction of sp³-hybridized carbons (Fsp3) is 0.533. The van der Waals surface area contributed by atoms with Gasteiger partial charge in [0.25, 0.3) is 0 Å². The third kappa shape index (κ3) is 3.03. The molecule has 0 saturated heterocycles. The van der Waals surface area contributed by atoms with Crippen molar-refractivity contribution in [1.82, 2.24) is 0 Å². The quantitative estimate of drug-likeness (QED) is 0.620. The van der Waals surface area contributed by atoms with Crippen LogP contribution in [0.15, 0.2) is 12.1 Å². The van der Waals surface area contributed by atoms with Gasteiger partial charge in [0.1, 0.15) is 5.82 Å². The molecule has 110 valence electrons. The first-order valence-corrected chi connectivity index (χ1v) is 7.01. The first-order chi connectivity index (χ1) is 9.51. The Morgan fingerprint density at radius 1 is 1.45 bits per heavy atom. The molecule has 1 aliphatic carbocycles. The number of benzene rings is 1. The summed E-state index contributed by atoms with van der Waals surface area (Å²) in [5, 5.41) is 3.09. The first kappa shape index (κ1) is 14.6. The molecule has 1 aliphatic rings. The maximum absolute atomic E-state index is 13.9. The second-order valence-corrected chi connectivity index (χ2v) is 5.35. The summed E-state index contributed by atoms with van der Waals surface area (Å²) in [6, 6.07) is 2.61. The van der Waals surface area contributed by atoms with Crippen LogP contribution in [0.5, 0.6) is 0 Å². The summed E-state index contributed by atoms with van der Waals surface area (Å²) in [6.07, 6.45) is 3.40. The molecule has 0 atom stereocenters. The molecule has 0 heterocycles. The molecule has 0 aliphatic heterocycles. The summed E-state index contributed by atoms with van der Waals surface area (Å²) < 4.78 is 18.8. The number of nitrogen functional groups attached to an aromatic ring is 1.